The zero-order valence-electron chi connectivity index (χ0n) is 17.0. The molecule has 0 saturated carbocycles. The summed E-state index contributed by atoms with van der Waals surface area (Å²) in [7, 11) is 0. The maximum atomic E-state index is 12.1. The lowest BCUT2D eigenvalue weighted by molar-refractivity contribution is -0.136. The summed E-state index contributed by atoms with van der Waals surface area (Å²) in [5.74, 6) is -1.82. The van der Waals surface area contributed by atoms with Gasteiger partial charge in [-0.15, -0.1) is 0 Å². The molecule has 0 fully saturated rings. The Bertz CT molecular complexity index is 1190. The Morgan fingerprint density at radius 1 is 0.909 bits per heavy atom. The molecule has 3 amide bonds. The number of rotatable bonds is 7. The van der Waals surface area contributed by atoms with Gasteiger partial charge < -0.3 is 15.4 Å². The molecule has 3 aromatic rings. The lowest BCUT2D eigenvalue weighted by Crippen LogP contribution is -2.32. The van der Waals surface area contributed by atoms with Crippen molar-refractivity contribution in [3.8, 4) is 5.75 Å². The summed E-state index contributed by atoms with van der Waals surface area (Å²) in [4.78, 5) is 36.1. The van der Waals surface area contributed by atoms with E-state index in [1.165, 1.54) is 12.3 Å². The fourth-order valence-electron chi connectivity index (χ4n) is 2.56. The molecular formula is C23H18BrClN4O4. The Kier molecular flexibility index (Phi) is 8.56. The second kappa shape index (κ2) is 11.8. The Morgan fingerprint density at radius 2 is 1.67 bits per heavy atom. The maximum Gasteiger partial charge on any atom is 0.329 e. The highest BCUT2D eigenvalue weighted by molar-refractivity contribution is 9.10. The van der Waals surface area contributed by atoms with E-state index >= 15 is 0 Å². The highest BCUT2D eigenvalue weighted by Gasteiger charge is 2.13. The molecule has 0 unspecified atom stereocenters. The minimum absolute atomic E-state index is 0.227. The van der Waals surface area contributed by atoms with Crippen LogP contribution >= 0.6 is 27.5 Å². The van der Waals surface area contributed by atoms with Crippen LogP contribution in [0.5, 0.6) is 5.75 Å². The largest absolute Gasteiger partial charge is 0.483 e. The molecule has 0 aliphatic rings. The zero-order chi connectivity index (χ0) is 23.6. The number of hydrogen-bond acceptors (Lipinski definition) is 5. The first-order chi connectivity index (χ1) is 15.9. The van der Waals surface area contributed by atoms with E-state index in [4.69, 9.17) is 16.3 Å². The van der Waals surface area contributed by atoms with Gasteiger partial charge in [0, 0.05) is 26.4 Å². The summed E-state index contributed by atoms with van der Waals surface area (Å²) in [6, 6.07) is 20.3. The van der Waals surface area contributed by atoms with Gasteiger partial charge in [0.25, 0.3) is 5.91 Å². The number of carbonyl (C=O) groups is 3. The number of nitrogens with one attached hydrogen (secondary N) is 3. The predicted octanol–water partition coefficient (Wildman–Crippen LogP) is 4.21. The second-order valence-corrected chi connectivity index (χ2v) is 7.90. The first kappa shape index (κ1) is 24.0. The third-order valence-electron chi connectivity index (χ3n) is 4.06. The number of halogens is 2. The number of nitrogens with zero attached hydrogens (tertiary/aromatic N) is 1. The number of anilines is 2. The van der Waals surface area contributed by atoms with Gasteiger partial charge in [-0.3, -0.25) is 14.4 Å². The molecule has 0 aliphatic heterocycles. The molecule has 8 nitrogen and oxygen atoms in total. The minimum atomic E-state index is -0.960. The van der Waals surface area contributed by atoms with Gasteiger partial charge in [-0.2, -0.15) is 5.10 Å². The van der Waals surface area contributed by atoms with Crippen molar-refractivity contribution < 1.29 is 19.1 Å². The molecular weight excluding hydrogens is 512 g/mol. The number of amides is 3. The van der Waals surface area contributed by atoms with Crippen molar-refractivity contribution in [3.63, 3.8) is 0 Å². The number of para-hydroxylation sites is 1. The molecule has 0 spiro atoms. The van der Waals surface area contributed by atoms with E-state index in [0.717, 1.165) is 4.47 Å². The van der Waals surface area contributed by atoms with Crippen LogP contribution in [0.25, 0.3) is 0 Å². The quantitative estimate of drug-likeness (QED) is 0.242. The fraction of sp³-hybridized carbons (Fsp3) is 0.0435. The van der Waals surface area contributed by atoms with Gasteiger partial charge in [0.1, 0.15) is 5.75 Å². The van der Waals surface area contributed by atoms with E-state index in [1.807, 2.05) is 12.1 Å². The molecule has 0 aliphatic carbocycles. The molecule has 33 heavy (non-hydrogen) atoms. The number of hydrazone groups is 1. The first-order valence-corrected chi connectivity index (χ1v) is 10.7. The molecule has 0 heterocycles. The third-order valence-corrected chi connectivity index (χ3v) is 4.83. The summed E-state index contributed by atoms with van der Waals surface area (Å²) in [5.41, 5.74) is 3.67. The van der Waals surface area contributed by atoms with E-state index in [2.05, 4.69) is 37.1 Å². The smallest absolute Gasteiger partial charge is 0.329 e. The van der Waals surface area contributed by atoms with E-state index in [1.54, 1.807) is 54.6 Å². The molecule has 0 atom stereocenters. The Balaban J connectivity index is 1.52. The van der Waals surface area contributed by atoms with Crippen LogP contribution in [-0.2, 0) is 14.4 Å². The van der Waals surface area contributed by atoms with Gasteiger partial charge in [0.05, 0.1) is 6.21 Å². The van der Waals surface area contributed by atoms with Gasteiger partial charge in [0.15, 0.2) is 6.61 Å². The van der Waals surface area contributed by atoms with Crippen LogP contribution in [-0.4, -0.2) is 30.5 Å². The summed E-state index contributed by atoms with van der Waals surface area (Å²) in [5, 5.41) is 9.36. The lowest BCUT2D eigenvalue weighted by atomic mass is 10.2. The van der Waals surface area contributed by atoms with Crippen molar-refractivity contribution in [2.75, 3.05) is 17.2 Å². The number of carbonyl (C=O) groups excluding carboxylic acids is 3. The third kappa shape index (κ3) is 7.74. The number of hydrogen-bond donors (Lipinski definition) is 3. The molecule has 0 saturated heterocycles. The van der Waals surface area contributed by atoms with Gasteiger partial charge in [-0.25, -0.2) is 5.43 Å². The fourth-order valence-corrected chi connectivity index (χ4v) is 3.01. The Hall–Kier alpha value is -3.69. The van der Waals surface area contributed by atoms with E-state index in [0.29, 0.717) is 27.7 Å². The highest BCUT2D eigenvalue weighted by Crippen LogP contribution is 2.17. The van der Waals surface area contributed by atoms with Gasteiger partial charge in [-0.05, 0) is 54.6 Å². The monoisotopic (exact) mass is 528 g/mol. The van der Waals surface area contributed by atoms with Crippen molar-refractivity contribution in [3.05, 3.63) is 87.9 Å². The average Bonchev–Trinajstić information content (AvgIpc) is 2.80. The molecule has 10 heteroatoms. The standard InChI is InChI=1S/C23H18BrClN4O4/c24-16-8-10-18(11-9-16)27-21(30)14-33-20-7-2-1-4-15(20)13-26-29-23(32)22(31)28-19-6-3-5-17(25)12-19/h1-13H,14H2,(H,27,30)(H,28,31)(H,29,32)/b26-13-. The van der Waals surface area contributed by atoms with Crippen molar-refractivity contribution >= 4 is 62.8 Å². The Morgan fingerprint density at radius 3 is 2.42 bits per heavy atom. The summed E-state index contributed by atoms with van der Waals surface area (Å²) < 4.78 is 6.47. The van der Waals surface area contributed by atoms with Crippen LogP contribution in [0, 0.1) is 0 Å². The zero-order valence-corrected chi connectivity index (χ0v) is 19.4. The van der Waals surface area contributed by atoms with Crippen LogP contribution in [0.15, 0.2) is 82.4 Å². The van der Waals surface area contributed by atoms with Gasteiger partial charge in [0.2, 0.25) is 0 Å². The van der Waals surface area contributed by atoms with Gasteiger partial charge in [-0.1, -0.05) is 45.7 Å². The van der Waals surface area contributed by atoms with Gasteiger partial charge >= 0.3 is 11.8 Å². The van der Waals surface area contributed by atoms with E-state index in [-0.39, 0.29) is 12.5 Å². The molecule has 3 rings (SSSR count). The van der Waals surface area contributed by atoms with Crippen molar-refractivity contribution in [2.45, 2.75) is 0 Å². The normalized spacial score (nSPS) is 10.5. The topological polar surface area (TPSA) is 109 Å². The maximum absolute atomic E-state index is 12.1. The average molecular weight is 530 g/mol. The molecule has 0 aromatic heterocycles. The van der Waals surface area contributed by atoms with Crippen molar-refractivity contribution in [2.24, 2.45) is 5.10 Å². The second-order valence-electron chi connectivity index (χ2n) is 6.55. The summed E-state index contributed by atoms with van der Waals surface area (Å²) in [6.45, 7) is -0.227. The first-order valence-electron chi connectivity index (χ1n) is 9.58. The highest BCUT2D eigenvalue weighted by atomic mass is 79.9. The van der Waals surface area contributed by atoms with Crippen LogP contribution in [0.2, 0.25) is 5.02 Å². The minimum Gasteiger partial charge on any atom is -0.483 e. The van der Waals surface area contributed by atoms with E-state index in [9.17, 15) is 14.4 Å². The molecule has 0 bridgehead atoms. The van der Waals surface area contributed by atoms with Crippen LogP contribution in [0.1, 0.15) is 5.56 Å². The molecule has 168 valence electrons. The summed E-state index contributed by atoms with van der Waals surface area (Å²) in [6.07, 6.45) is 1.31. The Labute approximate surface area is 203 Å². The number of ether oxygens (including phenoxy) is 1. The lowest BCUT2D eigenvalue weighted by Gasteiger charge is -2.09. The van der Waals surface area contributed by atoms with Crippen LogP contribution in [0.3, 0.4) is 0 Å². The molecule has 3 aromatic carbocycles. The van der Waals surface area contributed by atoms with Crippen molar-refractivity contribution in [1.82, 2.24) is 5.43 Å². The van der Waals surface area contributed by atoms with Crippen LogP contribution < -0.4 is 20.8 Å². The molecule has 0 radical (unpaired) electrons. The van der Waals surface area contributed by atoms with E-state index < -0.39 is 11.8 Å². The van der Waals surface area contributed by atoms with Crippen molar-refractivity contribution in [1.29, 1.82) is 0 Å². The summed E-state index contributed by atoms with van der Waals surface area (Å²) >= 11 is 9.18. The SMILES string of the molecule is O=C(COc1ccccc1/C=N\NC(=O)C(=O)Nc1cccc(Cl)c1)Nc1ccc(Br)cc1. The van der Waals surface area contributed by atoms with Crippen LogP contribution in [0.4, 0.5) is 11.4 Å². The predicted molar refractivity (Wildman–Crippen MR) is 131 cm³/mol. The molecule has 3 N–H and O–H groups in total. The number of benzene rings is 3.